The number of ether oxygens (including phenoxy) is 1. The monoisotopic (exact) mass is 231 g/mol. The highest BCUT2D eigenvalue weighted by Crippen LogP contribution is 2.63. The van der Waals surface area contributed by atoms with E-state index < -0.39 is 0 Å². The fraction of sp³-hybridized carbons (Fsp3) is 0.600. The molecule has 92 valence electrons. The molecule has 0 atom stereocenters. The van der Waals surface area contributed by atoms with E-state index in [9.17, 15) is 0 Å². The van der Waals surface area contributed by atoms with Crippen molar-refractivity contribution in [2.75, 3.05) is 7.11 Å². The van der Waals surface area contributed by atoms with Crippen molar-refractivity contribution in [3.05, 3.63) is 29.3 Å². The number of methoxy groups -OCH3 is 1. The molecule has 2 aliphatic rings. The van der Waals surface area contributed by atoms with Gasteiger partial charge in [0, 0.05) is 11.1 Å². The lowest BCUT2D eigenvalue weighted by Gasteiger charge is -2.60. The Labute approximate surface area is 103 Å². The zero-order valence-corrected chi connectivity index (χ0v) is 10.8. The summed E-state index contributed by atoms with van der Waals surface area (Å²) in [6, 6.07) is 6.33. The van der Waals surface area contributed by atoms with Gasteiger partial charge in [0.05, 0.1) is 7.11 Å². The summed E-state index contributed by atoms with van der Waals surface area (Å²) < 4.78 is 5.46. The molecule has 17 heavy (non-hydrogen) atoms. The highest BCUT2D eigenvalue weighted by molar-refractivity contribution is 5.44. The van der Waals surface area contributed by atoms with Crippen LogP contribution < -0.4 is 10.5 Å². The molecular formula is C15H21NO. The van der Waals surface area contributed by atoms with E-state index >= 15 is 0 Å². The molecule has 0 saturated heterocycles. The van der Waals surface area contributed by atoms with E-state index in [0.29, 0.717) is 5.41 Å². The average Bonchev–Trinajstić information content (AvgIpc) is 2.22. The summed E-state index contributed by atoms with van der Waals surface area (Å²) in [5.41, 5.74) is 9.49. The Morgan fingerprint density at radius 3 is 2.47 bits per heavy atom. The highest BCUT2D eigenvalue weighted by Gasteiger charge is 2.56. The molecule has 1 aromatic carbocycles. The standard InChI is InChI=1S/C15H21NO/c1-11-4-5-13(17-2)12(8-11)15(16)9-14(10-15)6-3-7-14/h4-5,8H,3,6-7,9-10,16H2,1-2H3. The quantitative estimate of drug-likeness (QED) is 0.848. The van der Waals surface area contributed by atoms with Crippen molar-refractivity contribution in [3.63, 3.8) is 0 Å². The van der Waals surface area contributed by atoms with Gasteiger partial charge in [-0.1, -0.05) is 24.1 Å². The Morgan fingerprint density at radius 2 is 1.94 bits per heavy atom. The fourth-order valence-electron chi connectivity index (χ4n) is 3.72. The molecule has 2 N–H and O–H groups in total. The first-order chi connectivity index (χ1) is 8.07. The summed E-state index contributed by atoms with van der Waals surface area (Å²) in [5, 5.41) is 0. The third-order valence-electron chi connectivity index (χ3n) is 4.69. The molecule has 2 aliphatic carbocycles. The van der Waals surface area contributed by atoms with Crippen molar-refractivity contribution in [1.82, 2.24) is 0 Å². The van der Waals surface area contributed by atoms with Gasteiger partial charge in [-0.2, -0.15) is 0 Å². The van der Waals surface area contributed by atoms with Crippen LogP contribution in [0.3, 0.4) is 0 Å². The van der Waals surface area contributed by atoms with Crippen LogP contribution in [0.1, 0.15) is 43.2 Å². The fourth-order valence-corrected chi connectivity index (χ4v) is 3.72. The van der Waals surface area contributed by atoms with Gasteiger partial charge in [0.1, 0.15) is 5.75 Å². The number of hydrogen-bond donors (Lipinski definition) is 1. The summed E-state index contributed by atoms with van der Waals surface area (Å²) in [4.78, 5) is 0. The van der Waals surface area contributed by atoms with E-state index in [2.05, 4.69) is 19.1 Å². The summed E-state index contributed by atoms with van der Waals surface area (Å²) in [5.74, 6) is 0.951. The number of aryl methyl sites for hydroxylation is 1. The lowest BCUT2D eigenvalue weighted by atomic mass is 9.47. The minimum Gasteiger partial charge on any atom is -0.496 e. The molecule has 0 amide bonds. The molecule has 2 heteroatoms. The van der Waals surface area contributed by atoms with Crippen LogP contribution in [0.25, 0.3) is 0 Å². The van der Waals surface area contributed by atoms with Gasteiger partial charge in [-0.15, -0.1) is 0 Å². The van der Waals surface area contributed by atoms with Crippen molar-refractivity contribution in [1.29, 1.82) is 0 Å². The first kappa shape index (κ1) is 11.1. The molecule has 1 spiro atoms. The van der Waals surface area contributed by atoms with E-state index in [1.807, 2.05) is 6.07 Å². The van der Waals surface area contributed by atoms with Crippen LogP contribution in [0.4, 0.5) is 0 Å². The van der Waals surface area contributed by atoms with E-state index in [-0.39, 0.29) is 5.54 Å². The molecule has 2 nitrogen and oxygen atoms in total. The summed E-state index contributed by atoms with van der Waals surface area (Å²) in [7, 11) is 1.73. The van der Waals surface area contributed by atoms with E-state index in [0.717, 1.165) is 18.6 Å². The van der Waals surface area contributed by atoms with Crippen LogP contribution >= 0.6 is 0 Å². The second kappa shape index (κ2) is 3.49. The van der Waals surface area contributed by atoms with Gasteiger partial charge in [0.15, 0.2) is 0 Å². The van der Waals surface area contributed by atoms with E-state index in [1.165, 1.54) is 30.4 Å². The summed E-state index contributed by atoms with van der Waals surface area (Å²) >= 11 is 0. The largest absolute Gasteiger partial charge is 0.496 e. The average molecular weight is 231 g/mol. The van der Waals surface area contributed by atoms with Gasteiger partial charge in [-0.25, -0.2) is 0 Å². The smallest absolute Gasteiger partial charge is 0.123 e. The maximum absolute atomic E-state index is 6.57. The Hall–Kier alpha value is -1.02. The summed E-state index contributed by atoms with van der Waals surface area (Å²) in [6.45, 7) is 2.12. The van der Waals surface area contributed by atoms with Crippen LogP contribution in [0.5, 0.6) is 5.75 Å². The Balaban J connectivity index is 1.91. The van der Waals surface area contributed by atoms with Crippen LogP contribution in [0.2, 0.25) is 0 Å². The summed E-state index contributed by atoms with van der Waals surface area (Å²) in [6.07, 6.45) is 6.42. The normalized spacial score (nSPS) is 23.9. The van der Waals surface area contributed by atoms with Crippen molar-refractivity contribution in [2.24, 2.45) is 11.1 Å². The van der Waals surface area contributed by atoms with E-state index in [1.54, 1.807) is 7.11 Å². The lowest BCUT2D eigenvalue weighted by molar-refractivity contribution is -0.0470. The van der Waals surface area contributed by atoms with Crippen LogP contribution in [-0.2, 0) is 5.54 Å². The molecule has 0 aliphatic heterocycles. The number of rotatable bonds is 2. The Bertz CT molecular complexity index is 440. The van der Waals surface area contributed by atoms with Crippen molar-refractivity contribution >= 4 is 0 Å². The van der Waals surface area contributed by atoms with Gasteiger partial charge in [0.2, 0.25) is 0 Å². The second-order valence-electron chi connectivity index (χ2n) is 6.07. The molecular weight excluding hydrogens is 210 g/mol. The van der Waals surface area contributed by atoms with Crippen LogP contribution in [0.15, 0.2) is 18.2 Å². The van der Waals surface area contributed by atoms with Crippen LogP contribution in [-0.4, -0.2) is 7.11 Å². The third-order valence-corrected chi connectivity index (χ3v) is 4.69. The molecule has 0 radical (unpaired) electrons. The maximum atomic E-state index is 6.57. The molecule has 3 rings (SSSR count). The molecule has 2 saturated carbocycles. The van der Waals surface area contributed by atoms with Crippen molar-refractivity contribution in [2.45, 2.75) is 44.6 Å². The molecule has 0 unspecified atom stereocenters. The van der Waals surface area contributed by atoms with Gasteiger partial charge < -0.3 is 10.5 Å². The molecule has 0 heterocycles. The Morgan fingerprint density at radius 1 is 1.24 bits per heavy atom. The van der Waals surface area contributed by atoms with Crippen molar-refractivity contribution in [3.8, 4) is 5.75 Å². The number of benzene rings is 1. The van der Waals surface area contributed by atoms with E-state index in [4.69, 9.17) is 10.5 Å². The maximum Gasteiger partial charge on any atom is 0.123 e. The molecule has 2 fully saturated rings. The zero-order chi connectivity index (χ0) is 12.1. The Kier molecular flexibility index (Phi) is 2.27. The molecule has 0 aromatic heterocycles. The first-order valence-corrected chi connectivity index (χ1v) is 6.51. The molecule has 1 aromatic rings. The van der Waals surface area contributed by atoms with Crippen LogP contribution in [0, 0.1) is 12.3 Å². The minimum absolute atomic E-state index is 0.141. The number of hydrogen-bond acceptors (Lipinski definition) is 2. The number of nitrogens with two attached hydrogens (primary N) is 1. The van der Waals surface area contributed by atoms with Gasteiger partial charge in [-0.3, -0.25) is 0 Å². The second-order valence-corrected chi connectivity index (χ2v) is 6.07. The van der Waals surface area contributed by atoms with Gasteiger partial charge >= 0.3 is 0 Å². The SMILES string of the molecule is COc1ccc(C)cc1C1(N)CC2(CCC2)C1. The predicted molar refractivity (Wildman–Crippen MR) is 69.1 cm³/mol. The topological polar surface area (TPSA) is 35.2 Å². The van der Waals surface area contributed by atoms with Crippen molar-refractivity contribution < 1.29 is 4.74 Å². The third kappa shape index (κ3) is 1.58. The first-order valence-electron chi connectivity index (χ1n) is 6.51. The lowest BCUT2D eigenvalue weighted by Crippen LogP contribution is -2.58. The molecule has 0 bridgehead atoms. The highest BCUT2D eigenvalue weighted by atomic mass is 16.5. The van der Waals surface area contributed by atoms with Gasteiger partial charge in [0.25, 0.3) is 0 Å². The predicted octanol–water partition coefficient (Wildman–Crippen LogP) is 3.12. The van der Waals surface area contributed by atoms with Gasteiger partial charge in [-0.05, 0) is 44.1 Å². The zero-order valence-electron chi connectivity index (χ0n) is 10.8. The minimum atomic E-state index is -0.141.